The highest BCUT2D eigenvalue weighted by atomic mass is 32.1. The van der Waals surface area contributed by atoms with Crippen LogP contribution in [0.1, 0.15) is 40.9 Å². The predicted molar refractivity (Wildman–Crippen MR) is 82.5 cm³/mol. The first-order valence-corrected chi connectivity index (χ1v) is 7.64. The number of nitrogens with two attached hydrogens (primary N) is 1. The fourth-order valence-electron chi connectivity index (χ4n) is 2.44. The molecule has 2 N–H and O–H groups in total. The molecule has 0 aliphatic carbocycles. The largest absolute Gasteiger partial charge is 0.321 e. The summed E-state index contributed by atoms with van der Waals surface area (Å²) >= 11 is 1.77. The number of hydrogen-bond donors (Lipinski definition) is 1. The van der Waals surface area contributed by atoms with Crippen LogP contribution in [0, 0.1) is 13.8 Å². The lowest BCUT2D eigenvalue weighted by molar-refractivity contribution is 0.400. The second-order valence-corrected chi connectivity index (χ2v) is 6.49. The summed E-state index contributed by atoms with van der Waals surface area (Å²) in [5.41, 5.74) is 8.73. The van der Waals surface area contributed by atoms with E-state index in [4.69, 9.17) is 5.73 Å². The number of thiazole rings is 1. The molecule has 2 aromatic rings. The van der Waals surface area contributed by atoms with Crippen LogP contribution in [-0.4, -0.2) is 4.98 Å². The summed E-state index contributed by atoms with van der Waals surface area (Å²) in [6.07, 6.45) is 2.88. The zero-order valence-electron chi connectivity index (χ0n) is 11.9. The van der Waals surface area contributed by atoms with Gasteiger partial charge in [0.2, 0.25) is 0 Å². The monoisotopic (exact) mass is 274 g/mol. The zero-order valence-corrected chi connectivity index (χ0v) is 12.8. The van der Waals surface area contributed by atoms with Crippen molar-refractivity contribution < 1.29 is 0 Å². The SMILES string of the molecule is CCCC(N)(Cc1nc(C)c(C)s1)c1ccccc1. The summed E-state index contributed by atoms with van der Waals surface area (Å²) < 4.78 is 0. The van der Waals surface area contributed by atoms with Gasteiger partial charge in [0, 0.05) is 16.8 Å². The van der Waals surface area contributed by atoms with Crippen molar-refractivity contribution in [3.05, 3.63) is 51.5 Å². The van der Waals surface area contributed by atoms with Crippen LogP contribution in [0.5, 0.6) is 0 Å². The normalized spacial score (nSPS) is 14.3. The molecule has 1 aromatic heterocycles. The molecule has 0 bridgehead atoms. The standard InChI is InChI=1S/C16H22N2S/c1-4-10-16(17,14-8-6-5-7-9-14)11-15-18-12(2)13(3)19-15/h5-9H,4,10-11,17H2,1-3H3. The average Bonchev–Trinajstić information content (AvgIpc) is 2.69. The van der Waals surface area contributed by atoms with Gasteiger partial charge in [-0.3, -0.25) is 0 Å². The minimum Gasteiger partial charge on any atom is -0.321 e. The van der Waals surface area contributed by atoms with E-state index in [0.29, 0.717) is 0 Å². The molecule has 0 saturated heterocycles. The van der Waals surface area contributed by atoms with Crippen LogP contribution in [-0.2, 0) is 12.0 Å². The molecular weight excluding hydrogens is 252 g/mol. The summed E-state index contributed by atoms with van der Waals surface area (Å²) in [6.45, 7) is 6.37. The van der Waals surface area contributed by atoms with Gasteiger partial charge in [0.15, 0.2) is 0 Å². The Labute approximate surface area is 119 Å². The molecule has 1 aromatic carbocycles. The number of hydrogen-bond acceptors (Lipinski definition) is 3. The first-order valence-electron chi connectivity index (χ1n) is 6.82. The number of nitrogens with zero attached hydrogens (tertiary/aromatic N) is 1. The van der Waals surface area contributed by atoms with E-state index in [1.165, 1.54) is 10.4 Å². The molecule has 0 aliphatic rings. The molecule has 19 heavy (non-hydrogen) atoms. The van der Waals surface area contributed by atoms with E-state index < -0.39 is 0 Å². The summed E-state index contributed by atoms with van der Waals surface area (Å²) in [7, 11) is 0. The maximum atomic E-state index is 6.69. The first kappa shape index (κ1) is 14.2. The number of aryl methyl sites for hydroxylation is 2. The smallest absolute Gasteiger partial charge is 0.0952 e. The van der Waals surface area contributed by atoms with Crippen molar-refractivity contribution in [1.29, 1.82) is 0 Å². The number of benzene rings is 1. The van der Waals surface area contributed by atoms with Gasteiger partial charge >= 0.3 is 0 Å². The summed E-state index contributed by atoms with van der Waals surface area (Å²) in [5, 5.41) is 1.15. The Bertz CT molecular complexity index is 513. The van der Waals surface area contributed by atoms with Crippen LogP contribution in [0.25, 0.3) is 0 Å². The Kier molecular flexibility index (Phi) is 4.38. The van der Waals surface area contributed by atoms with Crippen LogP contribution in [0.3, 0.4) is 0 Å². The van der Waals surface area contributed by atoms with Crippen molar-refractivity contribution >= 4 is 11.3 Å². The molecule has 2 nitrogen and oxygen atoms in total. The fourth-order valence-corrected chi connectivity index (χ4v) is 3.49. The van der Waals surface area contributed by atoms with Gasteiger partial charge in [-0.2, -0.15) is 0 Å². The van der Waals surface area contributed by atoms with Gasteiger partial charge in [-0.25, -0.2) is 4.98 Å². The Hall–Kier alpha value is -1.19. The van der Waals surface area contributed by atoms with E-state index in [0.717, 1.165) is 30.0 Å². The van der Waals surface area contributed by atoms with Crippen molar-refractivity contribution in [1.82, 2.24) is 4.98 Å². The van der Waals surface area contributed by atoms with Gasteiger partial charge in [0.05, 0.1) is 10.7 Å². The predicted octanol–water partition coefficient (Wildman–Crippen LogP) is 3.96. The van der Waals surface area contributed by atoms with E-state index in [9.17, 15) is 0 Å². The van der Waals surface area contributed by atoms with Crippen molar-refractivity contribution in [3.63, 3.8) is 0 Å². The lowest BCUT2D eigenvalue weighted by atomic mass is 9.84. The molecule has 102 valence electrons. The lowest BCUT2D eigenvalue weighted by Gasteiger charge is -2.29. The molecule has 1 unspecified atom stereocenters. The maximum absolute atomic E-state index is 6.69. The molecule has 0 radical (unpaired) electrons. The van der Waals surface area contributed by atoms with Crippen molar-refractivity contribution in [3.8, 4) is 0 Å². The van der Waals surface area contributed by atoms with E-state index in [2.05, 4.69) is 50.0 Å². The number of rotatable bonds is 5. The summed E-state index contributed by atoms with van der Waals surface area (Å²) in [6, 6.07) is 10.4. The van der Waals surface area contributed by atoms with Crippen LogP contribution in [0.2, 0.25) is 0 Å². The van der Waals surface area contributed by atoms with Gasteiger partial charge < -0.3 is 5.73 Å². The zero-order chi connectivity index (χ0) is 13.9. The minimum absolute atomic E-state index is 0.299. The highest BCUT2D eigenvalue weighted by molar-refractivity contribution is 7.11. The average molecular weight is 274 g/mol. The van der Waals surface area contributed by atoms with Crippen LogP contribution in [0.15, 0.2) is 30.3 Å². The topological polar surface area (TPSA) is 38.9 Å². The van der Waals surface area contributed by atoms with E-state index in [1.54, 1.807) is 11.3 Å². The molecule has 0 fully saturated rings. The Morgan fingerprint density at radius 3 is 2.42 bits per heavy atom. The third kappa shape index (κ3) is 3.23. The Balaban J connectivity index is 2.29. The lowest BCUT2D eigenvalue weighted by Crippen LogP contribution is -2.38. The Morgan fingerprint density at radius 1 is 1.21 bits per heavy atom. The van der Waals surface area contributed by atoms with Crippen molar-refractivity contribution in [2.24, 2.45) is 5.73 Å². The molecule has 0 saturated carbocycles. The highest BCUT2D eigenvalue weighted by Gasteiger charge is 2.28. The van der Waals surface area contributed by atoms with Gasteiger partial charge in [0.1, 0.15) is 0 Å². The molecule has 1 atom stereocenters. The van der Waals surface area contributed by atoms with Crippen molar-refractivity contribution in [2.75, 3.05) is 0 Å². The summed E-state index contributed by atoms with van der Waals surface area (Å²) in [4.78, 5) is 5.93. The maximum Gasteiger partial charge on any atom is 0.0952 e. The van der Waals surface area contributed by atoms with Gasteiger partial charge in [-0.15, -0.1) is 11.3 Å². The highest BCUT2D eigenvalue weighted by Crippen LogP contribution is 2.30. The molecular formula is C16H22N2S. The van der Waals surface area contributed by atoms with Crippen molar-refractivity contribution in [2.45, 2.75) is 45.6 Å². The third-order valence-corrected chi connectivity index (χ3v) is 4.66. The molecule has 3 heteroatoms. The van der Waals surface area contributed by atoms with Gasteiger partial charge in [-0.05, 0) is 25.8 Å². The van der Waals surface area contributed by atoms with E-state index in [-0.39, 0.29) is 5.54 Å². The first-order chi connectivity index (χ1) is 9.05. The number of aromatic nitrogens is 1. The molecule has 0 amide bonds. The molecule has 2 rings (SSSR count). The van der Waals surface area contributed by atoms with Crippen LogP contribution < -0.4 is 5.73 Å². The van der Waals surface area contributed by atoms with E-state index in [1.807, 2.05) is 6.07 Å². The van der Waals surface area contributed by atoms with Crippen LogP contribution in [0.4, 0.5) is 0 Å². The van der Waals surface area contributed by atoms with Crippen LogP contribution >= 0.6 is 11.3 Å². The second-order valence-electron chi connectivity index (χ2n) is 5.20. The quantitative estimate of drug-likeness (QED) is 0.896. The second kappa shape index (κ2) is 5.85. The minimum atomic E-state index is -0.299. The third-order valence-electron chi connectivity index (χ3n) is 3.58. The fraction of sp³-hybridized carbons (Fsp3) is 0.438. The molecule has 1 heterocycles. The summed E-state index contributed by atoms with van der Waals surface area (Å²) in [5.74, 6) is 0. The Morgan fingerprint density at radius 2 is 1.89 bits per heavy atom. The molecule has 0 spiro atoms. The molecule has 0 aliphatic heterocycles. The van der Waals surface area contributed by atoms with E-state index >= 15 is 0 Å². The van der Waals surface area contributed by atoms with Gasteiger partial charge in [-0.1, -0.05) is 43.7 Å². The van der Waals surface area contributed by atoms with Gasteiger partial charge in [0.25, 0.3) is 0 Å².